The number of carboxylic acids is 1. The van der Waals surface area contributed by atoms with E-state index in [9.17, 15) is 18.0 Å². The Hall–Kier alpha value is -2.90. The number of fused-ring (bicyclic) bond motifs is 1. The Bertz CT molecular complexity index is 916. The second kappa shape index (κ2) is 5.08. The third-order valence-corrected chi connectivity index (χ3v) is 3.37. The van der Waals surface area contributed by atoms with Crippen molar-refractivity contribution < 1.29 is 23.1 Å². The molecule has 0 radical (unpaired) electrons. The minimum absolute atomic E-state index is 0.0100. The molecule has 0 atom stereocenters. The zero-order valence-corrected chi connectivity index (χ0v) is 11.8. The molecule has 23 heavy (non-hydrogen) atoms. The highest BCUT2D eigenvalue weighted by Gasteiger charge is 2.30. The molecule has 0 saturated carbocycles. The Morgan fingerprint density at radius 2 is 2.00 bits per heavy atom. The number of hydrogen-bond donors (Lipinski definition) is 1. The topological polar surface area (TPSA) is 68.0 Å². The van der Waals surface area contributed by atoms with Gasteiger partial charge in [-0.3, -0.25) is 0 Å². The summed E-state index contributed by atoms with van der Waals surface area (Å²) < 4.78 is 39.8. The summed E-state index contributed by atoms with van der Waals surface area (Å²) in [5.74, 6) is -1.13. The minimum Gasteiger partial charge on any atom is -0.478 e. The van der Waals surface area contributed by atoms with Gasteiger partial charge in [0.2, 0.25) is 0 Å². The highest BCUT2D eigenvalue weighted by Crippen LogP contribution is 2.31. The number of rotatable bonds is 2. The maximum atomic E-state index is 12.8. The van der Waals surface area contributed by atoms with Crippen LogP contribution in [0.4, 0.5) is 13.2 Å². The van der Waals surface area contributed by atoms with E-state index < -0.39 is 17.7 Å². The van der Waals surface area contributed by atoms with Crippen molar-refractivity contribution in [3.63, 3.8) is 0 Å². The van der Waals surface area contributed by atoms with Crippen LogP contribution >= 0.6 is 0 Å². The van der Waals surface area contributed by atoms with E-state index >= 15 is 0 Å². The lowest BCUT2D eigenvalue weighted by Gasteiger charge is -2.09. The van der Waals surface area contributed by atoms with Crippen molar-refractivity contribution >= 4 is 17.0 Å². The molecule has 3 rings (SSSR count). The number of aryl methyl sites for hydroxylation is 1. The van der Waals surface area contributed by atoms with Crippen molar-refractivity contribution in [2.45, 2.75) is 13.1 Å². The van der Waals surface area contributed by atoms with Crippen LogP contribution in [0.2, 0.25) is 0 Å². The van der Waals surface area contributed by atoms with Gasteiger partial charge in [-0.25, -0.2) is 14.5 Å². The number of hydrogen-bond acceptors (Lipinski definition) is 3. The number of aromatic carboxylic acids is 1. The van der Waals surface area contributed by atoms with Gasteiger partial charge in [-0.2, -0.15) is 18.3 Å². The molecule has 1 N–H and O–H groups in total. The lowest BCUT2D eigenvalue weighted by molar-refractivity contribution is -0.137. The smallest absolute Gasteiger partial charge is 0.416 e. The predicted molar refractivity (Wildman–Crippen MR) is 75.6 cm³/mol. The summed E-state index contributed by atoms with van der Waals surface area (Å²) in [6.45, 7) is 1.64. The first kappa shape index (κ1) is 15.0. The maximum Gasteiger partial charge on any atom is 0.416 e. The number of carboxylic acid groups (broad SMARTS) is 1. The van der Waals surface area contributed by atoms with Crippen LogP contribution in [0.3, 0.4) is 0 Å². The van der Waals surface area contributed by atoms with Crippen molar-refractivity contribution in [2.75, 3.05) is 0 Å². The van der Waals surface area contributed by atoms with Gasteiger partial charge in [0.05, 0.1) is 22.5 Å². The molecule has 0 saturated heterocycles. The molecule has 8 heteroatoms. The molecule has 0 amide bonds. The largest absolute Gasteiger partial charge is 0.478 e. The monoisotopic (exact) mass is 321 g/mol. The molecule has 118 valence electrons. The lowest BCUT2D eigenvalue weighted by Crippen LogP contribution is -2.07. The van der Waals surface area contributed by atoms with Gasteiger partial charge in [0.1, 0.15) is 0 Å². The van der Waals surface area contributed by atoms with Crippen LogP contribution in [0.5, 0.6) is 0 Å². The van der Waals surface area contributed by atoms with E-state index in [1.165, 1.54) is 22.9 Å². The molecular formula is C15H10F3N3O2. The van der Waals surface area contributed by atoms with Gasteiger partial charge in [-0.1, -0.05) is 6.07 Å². The van der Waals surface area contributed by atoms with Crippen LogP contribution < -0.4 is 0 Å². The summed E-state index contributed by atoms with van der Waals surface area (Å²) in [6, 6.07) is 6.11. The van der Waals surface area contributed by atoms with E-state index in [1.54, 1.807) is 6.92 Å². The molecule has 2 heterocycles. The van der Waals surface area contributed by atoms with Crippen LogP contribution in [-0.2, 0) is 6.18 Å². The summed E-state index contributed by atoms with van der Waals surface area (Å²) >= 11 is 0. The first-order valence-electron chi connectivity index (χ1n) is 6.53. The Labute approximate surface area is 128 Å². The van der Waals surface area contributed by atoms with Crippen molar-refractivity contribution in [3.8, 4) is 5.69 Å². The maximum absolute atomic E-state index is 12.8. The zero-order valence-electron chi connectivity index (χ0n) is 11.8. The van der Waals surface area contributed by atoms with Crippen LogP contribution in [0, 0.1) is 6.92 Å². The van der Waals surface area contributed by atoms with Crippen LogP contribution in [-0.4, -0.2) is 25.8 Å². The lowest BCUT2D eigenvalue weighted by atomic mass is 10.2. The highest BCUT2D eigenvalue weighted by atomic mass is 19.4. The van der Waals surface area contributed by atoms with Gasteiger partial charge in [0.25, 0.3) is 0 Å². The molecule has 0 bridgehead atoms. The number of aromatic nitrogens is 3. The third kappa shape index (κ3) is 2.63. The van der Waals surface area contributed by atoms with E-state index in [0.717, 1.165) is 18.3 Å². The van der Waals surface area contributed by atoms with E-state index in [0.29, 0.717) is 16.7 Å². The van der Waals surface area contributed by atoms with Gasteiger partial charge in [0, 0.05) is 11.6 Å². The fourth-order valence-corrected chi connectivity index (χ4v) is 2.25. The van der Waals surface area contributed by atoms with Crippen LogP contribution in [0.25, 0.3) is 16.7 Å². The molecule has 3 aromatic rings. The number of nitrogens with zero attached hydrogens (tertiary/aromatic N) is 3. The number of pyridine rings is 1. The Morgan fingerprint density at radius 3 is 2.65 bits per heavy atom. The number of alkyl halides is 3. The molecule has 0 spiro atoms. The molecule has 0 fully saturated rings. The Balaban J connectivity index is 2.20. The molecule has 5 nitrogen and oxygen atoms in total. The third-order valence-electron chi connectivity index (χ3n) is 3.37. The number of carbonyl (C=O) groups is 1. The normalized spacial score (nSPS) is 11.8. The van der Waals surface area contributed by atoms with E-state index in [1.807, 2.05) is 0 Å². The molecular weight excluding hydrogens is 311 g/mol. The molecule has 2 aromatic heterocycles. The second-order valence-electron chi connectivity index (χ2n) is 4.95. The SMILES string of the molecule is Cc1nn(-c2cccc(C(F)(F)F)c2)c2ncc(C(=O)O)cc12. The van der Waals surface area contributed by atoms with Crippen molar-refractivity contribution in [1.82, 2.24) is 14.8 Å². The summed E-state index contributed by atoms with van der Waals surface area (Å²) in [4.78, 5) is 15.0. The second-order valence-corrected chi connectivity index (χ2v) is 4.95. The van der Waals surface area contributed by atoms with Crippen molar-refractivity contribution in [1.29, 1.82) is 0 Å². The fraction of sp³-hybridized carbons (Fsp3) is 0.133. The predicted octanol–water partition coefficient (Wildman–Crippen LogP) is 3.45. The van der Waals surface area contributed by atoms with Crippen molar-refractivity contribution in [2.24, 2.45) is 0 Å². The van der Waals surface area contributed by atoms with Gasteiger partial charge >= 0.3 is 12.1 Å². The van der Waals surface area contributed by atoms with Gasteiger partial charge in [-0.15, -0.1) is 0 Å². The van der Waals surface area contributed by atoms with E-state index in [-0.39, 0.29) is 11.3 Å². The van der Waals surface area contributed by atoms with Gasteiger partial charge in [-0.05, 0) is 31.2 Å². The number of benzene rings is 1. The average molecular weight is 321 g/mol. The summed E-state index contributed by atoms with van der Waals surface area (Å²) in [7, 11) is 0. The van der Waals surface area contributed by atoms with Crippen LogP contribution in [0.15, 0.2) is 36.5 Å². The first-order valence-corrected chi connectivity index (χ1v) is 6.53. The van der Waals surface area contributed by atoms with Gasteiger partial charge < -0.3 is 5.11 Å². The van der Waals surface area contributed by atoms with Crippen LogP contribution in [0.1, 0.15) is 21.6 Å². The highest BCUT2D eigenvalue weighted by molar-refractivity contribution is 5.92. The van der Waals surface area contributed by atoms with E-state index in [2.05, 4.69) is 10.1 Å². The molecule has 0 aliphatic carbocycles. The summed E-state index contributed by atoms with van der Waals surface area (Å²) in [5, 5.41) is 13.6. The van der Waals surface area contributed by atoms with Gasteiger partial charge in [0.15, 0.2) is 5.65 Å². The summed E-state index contributed by atoms with van der Waals surface area (Å²) in [6.07, 6.45) is -3.31. The molecule has 1 aromatic carbocycles. The Morgan fingerprint density at radius 1 is 1.26 bits per heavy atom. The van der Waals surface area contributed by atoms with E-state index in [4.69, 9.17) is 5.11 Å². The number of halogens is 3. The average Bonchev–Trinajstić information content (AvgIpc) is 2.83. The minimum atomic E-state index is -4.46. The molecule has 0 aliphatic rings. The molecule has 0 unspecified atom stereocenters. The Kier molecular flexibility index (Phi) is 3.32. The van der Waals surface area contributed by atoms with Crippen molar-refractivity contribution in [3.05, 3.63) is 53.3 Å². The quantitative estimate of drug-likeness (QED) is 0.785. The summed E-state index contributed by atoms with van der Waals surface area (Å²) in [5.41, 5.74) is 0.177. The standard InChI is InChI=1S/C15H10F3N3O2/c1-8-12-5-9(14(22)23)7-19-13(12)21(20-8)11-4-2-3-10(6-11)15(16,17)18/h2-7H,1H3,(H,22,23). The fourth-order valence-electron chi connectivity index (χ4n) is 2.25. The zero-order chi connectivity index (χ0) is 16.8. The molecule has 0 aliphatic heterocycles. The first-order chi connectivity index (χ1) is 10.8.